The van der Waals surface area contributed by atoms with E-state index in [4.69, 9.17) is 16.3 Å². The van der Waals surface area contributed by atoms with Crippen LogP contribution in [0.4, 0.5) is 0 Å². The van der Waals surface area contributed by atoms with Crippen LogP contribution in [-0.2, 0) is 9.84 Å². The van der Waals surface area contributed by atoms with Gasteiger partial charge in [0.05, 0.1) is 17.3 Å². The lowest BCUT2D eigenvalue weighted by Crippen LogP contribution is -2.11. The SMILES string of the molecule is COc1ccc([C@H]2[C@H](CO)[C@@H]2S(=O)(=O)c2ccc(Cl)cc2)cc1. The lowest BCUT2D eigenvalue weighted by Gasteiger charge is -2.05. The number of rotatable bonds is 5. The predicted octanol–water partition coefficient (Wildman–Crippen LogP) is 2.90. The molecule has 0 spiro atoms. The molecule has 1 saturated carbocycles. The van der Waals surface area contributed by atoms with Crippen molar-refractivity contribution in [2.45, 2.75) is 16.1 Å². The third kappa shape index (κ3) is 2.96. The van der Waals surface area contributed by atoms with Gasteiger partial charge in [-0.1, -0.05) is 23.7 Å². The van der Waals surface area contributed by atoms with Gasteiger partial charge in [-0.3, -0.25) is 0 Å². The summed E-state index contributed by atoms with van der Waals surface area (Å²) in [5.74, 6) is 0.225. The van der Waals surface area contributed by atoms with E-state index in [1.54, 1.807) is 31.4 Å². The zero-order chi connectivity index (χ0) is 16.6. The van der Waals surface area contributed by atoms with Crippen molar-refractivity contribution >= 4 is 21.4 Å². The van der Waals surface area contributed by atoms with Crippen molar-refractivity contribution in [2.75, 3.05) is 13.7 Å². The first-order chi connectivity index (χ1) is 11.0. The Morgan fingerprint density at radius 3 is 2.22 bits per heavy atom. The van der Waals surface area contributed by atoms with Gasteiger partial charge in [0.2, 0.25) is 0 Å². The number of aliphatic hydroxyl groups is 1. The van der Waals surface area contributed by atoms with Gasteiger partial charge in [0.1, 0.15) is 5.75 Å². The molecule has 3 rings (SSSR count). The lowest BCUT2D eigenvalue weighted by molar-refractivity contribution is 0.274. The molecule has 23 heavy (non-hydrogen) atoms. The van der Waals surface area contributed by atoms with Gasteiger partial charge in [0.15, 0.2) is 9.84 Å². The maximum Gasteiger partial charge on any atom is 0.182 e. The number of hydrogen-bond donors (Lipinski definition) is 1. The summed E-state index contributed by atoms with van der Waals surface area (Å²) in [6.45, 7) is -0.159. The number of sulfone groups is 1. The Hall–Kier alpha value is -1.56. The summed E-state index contributed by atoms with van der Waals surface area (Å²) in [6, 6.07) is 13.4. The van der Waals surface area contributed by atoms with E-state index in [0.717, 1.165) is 5.56 Å². The molecule has 0 heterocycles. The molecule has 2 aromatic rings. The summed E-state index contributed by atoms with van der Waals surface area (Å²) in [7, 11) is -1.93. The Balaban J connectivity index is 1.90. The molecular formula is C17H17ClO4S. The van der Waals surface area contributed by atoms with Gasteiger partial charge >= 0.3 is 0 Å². The second kappa shape index (κ2) is 6.15. The van der Waals surface area contributed by atoms with Crippen LogP contribution in [0.2, 0.25) is 5.02 Å². The van der Waals surface area contributed by atoms with Crippen LogP contribution in [0.25, 0.3) is 0 Å². The smallest absolute Gasteiger partial charge is 0.182 e. The fourth-order valence-electron chi connectivity index (χ4n) is 3.03. The minimum absolute atomic E-state index is 0.159. The average Bonchev–Trinajstić information content (AvgIpc) is 3.31. The zero-order valence-corrected chi connectivity index (χ0v) is 14.1. The standard InChI is InChI=1S/C17H17ClO4S/c1-22-13-6-2-11(3-7-13)16-15(10-19)17(16)23(20,21)14-8-4-12(18)5-9-14/h2-9,15-17,19H,10H2,1H3/t15-,16-,17-/m0/s1. The van der Waals surface area contributed by atoms with E-state index in [1.807, 2.05) is 12.1 Å². The Labute approximate surface area is 140 Å². The number of aliphatic hydroxyl groups excluding tert-OH is 1. The fraction of sp³-hybridized carbons (Fsp3) is 0.294. The molecule has 1 fully saturated rings. The molecule has 0 unspecified atom stereocenters. The van der Waals surface area contributed by atoms with E-state index >= 15 is 0 Å². The summed E-state index contributed by atoms with van der Waals surface area (Å²) in [6.07, 6.45) is 0. The first-order valence-electron chi connectivity index (χ1n) is 7.23. The topological polar surface area (TPSA) is 63.6 Å². The van der Waals surface area contributed by atoms with Gasteiger partial charge in [-0.2, -0.15) is 0 Å². The van der Waals surface area contributed by atoms with Crippen molar-refractivity contribution in [1.29, 1.82) is 0 Å². The minimum atomic E-state index is -3.51. The van der Waals surface area contributed by atoms with Crippen molar-refractivity contribution in [2.24, 2.45) is 5.92 Å². The van der Waals surface area contributed by atoms with E-state index in [1.165, 1.54) is 12.1 Å². The molecule has 1 aliphatic rings. The highest BCUT2D eigenvalue weighted by Crippen LogP contribution is 2.53. The summed E-state index contributed by atoms with van der Waals surface area (Å²) in [5, 5.41) is 9.43. The van der Waals surface area contributed by atoms with Crippen LogP contribution in [0.15, 0.2) is 53.4 Å². The Morgan fingerprint density at radius 2 is 1.70 bits per heavy atom. The molecule has 122 valence electrons. The largest absolute Gasteiger partial charge is 0.497 e. The van der Waals surface area contributed by atoms with Crippen LogP contribution >= 0.6 is 11.6 Å². The van der Waals surface area contributed by atoms with Gasteiger partial charge in [-0.15, -0.1) is 0 Å². The lowest BCUT2D eigenvalue weighted by atomic mass is 10.1. The molecule has 0 bridgehead atoms. The molecule has 1 N–H and O–H groups in total. The number of ether oxygens (including phenoxy) is 1. The van der Waals surface area contributed by atoms with Gasteiger partial charge < -0.3 is 9.84 Å². The number of methoxy groups -OCH3 is 1. The van der Waals surface area contributed by atoms with E-state index in [-0.39, 0.29) is 23.3 Å². The normalized spacial score (nSPS) is 23.5. The molecule has 2 aromatic carbocycles. The van der Waals surface area contributed by atoms with Crippen LogP contribution in [0, 0.1) is 5.92 Å². The molecule has 0 amide bonds. The second-order valence-corrected chi connectivity index (χ2v) is 8.15. The summed E-state index contributed by atoms with van der Waals surface area (Å²) >= 11 is 5.82. The van der Waals surface area contributed by atoms with Gasteiger partial charge in [0, 0.05) is 23.5 Å². The highest BCUT2D eigenvalue weighted by molar-refractivity contribution is 7.92. The summed E-state index contributed by atoms with van der Waals surface area (Å²) < 4.78 is 30.7. The molecule has 0 aliphatic heterocycles. The number of hydrogen-bond acceptors (Lipinski definition) is 4. The highest BCUT2D eigenvalue weighted by Gasteiger charge is 2.58. The predicted molar refractivity (Wildman–Crippen MR) is 88.7 cm³/mol. The summed E-state index contributed by atoms with van der Waals surface area (Å²) in [5.41, 5.74) is 0.896. The van der Waals surface area contributed by atoms with E-state index in [0.29, 0.717) is 10.8 Å². The van der Waals surface area contributed by atoms with E-state index in [2.05, 4.69) is 0 Å². The quantitative estimate of drug-likeness (QED) is 0.898. The van der Waals surface area contributed by atoms with Crippen molar-refractivity contribution < 1.29 is 18.3 Å². The molecule has 6 heteroatoms. The van der Waals surface area contributed by atoms with Crippen molar-refractivity contribution in [1.82, 2.24) is 0 Å². The van der Waals surface area contributed by atoms with Crippen LogP contribution in [0.1, 0.15) is 11.5 Å². The summed E-state index contributed by atoms with van der Waals surface area (Å²) in [4.78, 5) is 0.237. The van der Waals surface area contributed by atoms with Gasteiger partial charge in [-0.05, 0) is 42.0 Å². The molecule has 3 atom stereocenters. The van der Waals surface area contributed by atoms with Crippen LogP contribution < -0.4 is 4.74 Å². The molecule has 1 aliphatic carbocycles. The Morgan fingerprint density at radius 1 is 1.09 bits per heavy atom. The highest BCUT2D eigenvalue weighted by atomic mass is 35.5. The van der Waals surface area contributed by atoms with Crippen LogP contribution in [-0.4, -0.2) is 32.5 Å². The van der Waals surface area contributed by atoms with Gasteiger partial charge in [0.25, 0.3) is 0 Å². The fourth-order valence-corrected chi connectivity index (χ4v) is 5.35. The minimum Gasteiger partial charge on any atom is -0.497 e. The maximum absolute atomic E-state index is 12.8. The third-order valence-corrected chi connectivity index (χ3v) is 6.85. The average molecular weight is 353 g/mol. The zero-order valence-electron chi connectivity index (χ0n) is 12.5. The number of halogens is 1. The molecule has 0 aromatic heterocycles. The third-order valence-electron chi connectivity index (χ3n) is 4.31. The number of benzene rings is 2. The van der Waals surface area contributed by atoms with Crippen LogP contribution in [0.3, 0.4) is 0 Å². The Kier molecular flexibility index (Phi) is 4.36. The van der Waals surface area contributed by atoms with Crippen LogP contribution in [0.5, 0.6) is 5.75 Å². The van der Waals surface area contributed by atoms with Crippen molar-refractivity contribution in [3.05, 3.63) is 59.1 Å². The monoisotopic (exact) mass is 352 g/mol. The van der Waals surface area contributed by atoms with E-state index < -0.39 is 15.1 Å². The van der Waals surface area contributed by atoms with E-state index in [9.17, 15) is 13.5 Å². The molecule has 0 saturated heterocycles. The second-order valence-electron chi connectivity index (χ2n) is 5.61. The molecule has 0 radical (unpaired) electrons. The molecule has 4 nitrogen and oxygen atoms in total. The maximum atomic E-state index is 12.8. The first-order valence-corrected chi connectivity index (χ1v) is 9.15. The van der Waals surface area contributed by atoms with Crippen molar-refractivity contribution in [3.8, 4) is 5.75 Å². The van der Waals surface area contributed by atoms with Crippen molar-refractivity contribution in [3.63, 3.8) is 0 Å². The Bertz CT molecular complexity index is 784. The van der Waals surface area contributed by atoms with Gasteiger partial charge in [-0.25, -0.2) is 8.42 Å². The first kappa shape index (κ1) is 16.3. The molecular weight excluding hydrogens is 336 g/mol.